The first-order valence-corrected chi connectivity index (χ1v) is 7.46. The van der Waals surface area contributed by atoms with E-state index in [2.05, 4.69) is 5.32 Å². The number of carboxylic acid groups (broad SMARTS) is 1. The molecule has 0 aliphatic rings. The second-order valence-electron chi connectivity index (χ2n) is 5.02. The summed E-state index contributed by atoms with van der Waals surface area (Å²) >= 11 is 0. The van der Waals surface area contributed by atoms with Gasteiger partial charge in [0.25, 0.3) is 0 Å². The van der Waals surface area contributed by atoms with E-state index in [1.165, 1.54) is 0 Å². The molecule has 0 aliphatic heterocycles. The predicted octanol–water partition coefficient (Wildman–Crippen LogP) is 0.0859. The number of hydrogen-bond acceptors (Lipinski definition) is 4. The normalized spacial score (nSPS) is 9.92. The second kappa shape index (κ2) is 9.80. The molecule has 0 radical (unpaired) electrons. The van der Waals surface area contributed by atoms with Crippen molar-refractivity contribution in [2.75, 3.05) is 13.7 Å². The van der Waals surface area contributed by atoms with Crippen molar-refractivity contribution >= 4 is 5.97 Å². The molecule has 0 saturated heterocycles. The number of hydrogen-bond donors (Lipinski definition) is 2. The third kappa shape index (κ3) is 5.44. The molecule has 0 aromatic heterocycles. The molecule has 0 aliphatic carbocycles. The average Bonchev–Trinajstić information content (AvgIpc) is 2.56. The summed E-state index contributed by atoms with van der Waals surface area (Å²) < 4.78 is 10.8. The molecule has 6 heteroatoms. The molecule has 2 aromatic rings. The van der Waals surface area contributed by atoms with E-state index in [0.29, 0.717) is 25.3 Å². The van der Waals surface area contributed by atoms with E-state index in [1.807, 2.05) is 37.3 Å². The van der Waals surface area contributed by atoms with Gasteiger partial charge in [0, 0.05) is 13.1 Å². The highest BCUT2D eigenvalue weighted by molar-refractivity contribution is 5.87. The van der Waals surface area contributed by atoms with Crippen molar-refractivity contribution in [1.29, 1.82) is 0 Å². The van der Waals surface area contributed by atoms with Crippen LogP contribution in [0.3, 0.4) is 0 Å². The lowest BCUT2D eigenvalue weighted by Crippen LogP contribution is -3.00. The number of carboxylic acids is 1. The molecule has 2 N–H and O–H groups in total. The largest absolute Gasteiger partial charge is 1.00 e. The standard InChI is InChI=1S/C18H21NO4.ClH/c1-3-23-16-9-6-14(10-17(16)22-2)12-19-11-13-4-7-15(8-5-13)18(20)21;/h4-10,19H,3,11-12H2,1-2H3,(H,20,21);1H/p-1. The zero-order valence-corrected chi connectivity index (χ0v) is 14.5. The fourth-order valence-electron chi connectivity index (χ4n) is 2.21. The van der Waals surface area contributed by atoms with Gasteiger partial charge in [-0.1, -0.05) is 18.2 Å². The van der Waals surface area contributed by atoms with Crippen LogP contribution in [0.2, 0.25) is 0 Å². The Morgan fingerprint density at radius 2 is 1.67 bits per heavy atom. The maximum Gasteiger partial charge on any atom is 0.335 e. The lowest BCUT2D eigenvalue weighted by atomic mass is 10.1. The number of ether oxygens (including phenoxy) is 2. The van der Waals surface area contributed by atoms with Crippen LogP contribution in [0.5, 0.6) is 11.5 Å². The van der Waals surface area contributed by atoms with Crippen LogP contribution in [0.4, 0.5) is 0 Å². The Labute approximate surface area is 148 Å². The molecule has 24 heavy (non-hydrogen) atoms. The van der Waals surface area contributed by atoms with E-state index < -0.39 is 5.97 Å². The maximum absolute atomic E-state index is 10.8. The van der Waals surface area contributed by atoms with Gasteiger partial charge in [0.2, 0.25) is 0 Å². The first kappa shape index (κ1) is 19.8. The Bertz CT molecular complexity index is 659. The molecule has 0 fully saturated rings. The van der Waals surface area contributed by atoms with Gasteiger partial charge in [-0.15, -0.1) is 0 Å². The van der Waals surface area contributed by atoms with Gasteiger partial charge in [-0.05, 0) is 42.3 Å². The summed E-state index contributed by atoms with van der Waals surface area (Å²) in [4.78, 5) is 10.8. The van der Waals surface area contributed by atoms with Crippen molar-refractivity contribution in [2.24, 2.45) is 0 Å². The predicted molar refractivity (Wildman–Crippen MR) is 88.1 cm³/mol. The minimum absolute atomic E-state index is 0. The van der Waals surface area contributed by atoms with Crippen LogP contribution < -0.4 is 27.2 Å². The monoisotopic (exact) mass is 350 g/mol. The van der Waals surface area contributed by atoms with Crippen LogP contribution in [-0.2, 0) is 13.1 Å². The number of rotatable bonds is 8. The zero-order valence-electron chi connectivity index (χ0n) is 13.7. The van der Waals surface area contributed by atoms with Gasteiger partial charge in [0.15, 0.2) is 11.5 Å². The Balaban J connectivity index is 0.00000288. The fraction of sp³-hybridized carbons (Fsp3) is 0.278. The van der Waals surface area contributed by atoms with Gasteiger partial charge in [0.1, 0.15) is 0 Å². The number of methoxy groups -OCH3 is 1. The highest BCUT2D eigenvalue weighted by atomic mass is 35.5. The lowest BCUT2D eigenvalue weighted by Gasteiger charge is -2.11. The molecular formula is C18H21ClNO4-. The quantitative estimate of drug-likeness (QED) is 0.706. The molecule has 0 atom stereocenters. The average molecular weight is 351 g/mol. The van der Waals surface area contributed by atoms with E-state index in [0.717, 1.165) is 22.6 Å². The van der Waals surface area contributed by atoms with Crippen LogP contribution in [0.1, 0.15) is 28.4 Å². The van der Waals surface area contributed by atoms with Crippen molar-refractivity contribution in [3.63, 3.8) is 0 Å². The lowest BCUT2D eigenvalue weighted by molar-refractivity contribution is -0.0000210. The van der Waals surface area contributed by atoms with Crippen LogP contribution in [0.15, 0.2) is 42.5 Å². The summed E-state index contributed by atoms with van der Waals surface area (Å²) in [5.74, 6) is 0.547. The number of nitrogens with one attached hydrogen (secondary N) is 1. The zero-order chi connectivity index (χ0) is 16.7. The Morgan fingerprint density at radius 1 is 1.04 bits per heavy atom. The van der Waals surface area contributed by atoms with Gasteiger partial charge in [-0.25, -0.2) is 4.79 Å². The molecule has 0 amide bonds. The smallest absolute Gasteiger partial charge is 0.335 e. The third-order valence-electron chi connectivity index (χ3n) is 3.39. The highest BCUT2D eigenvalue weighted by Crippen LogP contribution is 2.27. The van der Waals surface area contributed by atoms with Gasteiger partial charge in [-0.2, -0.15) is 0 Å². The van der Waals surface area contributed by atoms with E-state index in [9.17, 15) is 4.79 Å². The molecular weight excluding hydrogens is 330 g/mol. The molecule has 130 valence electrons. The van der Waals surface area contributed by atoms with Gasteiger partial charge >= 0.3 is 5.97 Å². The minimum atomic E-state index is -0.911. The van der Waals surface area contributed by atoms with Crippen LogP contribution in [0.25, 0.3) is 0 Å². The van der Waals surface area contributed by atoms with Crippen molar-refractivity contribution in [1.82, 2.24) is 5.32 Å². The van der Waals surface area contributed by atoms with Crippen molar-refractivity contribution < 1.29 is 31.8 Å². The molecule has 0 saturated carbocycles. The van der Waals surface area contributed by atoms with Gasteiger partial charge < -0.3 is 32.3 Å². The van der Waals surface area contributed by atoms with Crippen molar-refractivity contribution in [3.8, 4) is 11.5 Å². The Morgan fingerprint density at radius 3 is 2.25 bits per heavy atom. The first-order chi connectivity index (χ1) is 11.1. The SMILES string of the molecule is CCOc1ccc(CNCc2ccc(C(=O)O)cc2)cc1OC.[Cl-]. The molecule has 5 nitrogen and oxygen atoms in total. The second-order valence-corrected chi connectivity index (χ2v) is 5.02. The van der Waals surface area contributed by atoms with E-state index in [-0.39, 0.29) is 12.4 Å². The summed E-state index contributed by atoms with van der Waals surface area (Å²) in [6.07, 6.45) is 0. The summed E-state index contributed by atoms with van der Waals surface area (Å²) in [5, 5.41) is 12.2. The van der Waals surface area contributed by atoms with Gasteiger partial charge in [0.05, 0.1) is 19.3 Å². The summed E-state index contributed by atoms with van der Waals surface area (Å²) in [6.45, 7) is 3.88. The topological polar surface area (TPSA) is 67.8 Å². The number of benzene rings is 2. The maximum atomic E-state index is 10.8. The van der Waals surface area contributed by atoms with Gasteiger partial charge in [-0.3, -0.25) is 0 Å². The first-order valence-electron chi connectivity index (χ1n) is 7.46. The summed E-state index contributed by atoms with van der Waals surface area (Å²) in [6, 6.07) is 12.7. The van der Waals surface area contributed by atoms with E-state index in [1.54, 1.807) is 19.2 Å². The minimum Gasteiger partial charge on any atom is -1.00 e. The fourth-order valence-corrected chi connectivity index (χ4v) is 2.21. The van der Waals surface area contributed by atoms with E-state index in [4.69, 9.17) is 14.6 Å². The number of aromatic carboxylic acids is 1. The Kier molecular flexibility index (Phi) is 8.09. The van der Waals surface area contributed by atoms with Crippen LogP contribution in [0, 0.1) is 0 Å². The molecule has 2 rings (SSSR count). The highest BCUT2D eigenvalue weighted by Gasteiger charge is 2.05. The van der Waals surface area contributed by atoms with Crippen molar-refractivity contribution in [2.45, 2.75) is 20.0 Å². The van der Waals surface area contributed by atoms with E-state index >= 15 is 0 Å². The molecule has 0 unspecified atom stereocenters. The molecule has 0 heterocycles. The summed E-state index contributed by atoms with van der Waals surface area (Å²) in [5.41, 5.74) is 2.42. The molecule has 0 spiro atoms. The summed E-state index contributed by atoms with van der Waals surface area (Å²) in [7, 11) is 1.62. The Hall–Kier alpha value is -2.24. The number of carbonyl (C=O) groups is 1. The number of halogens is 1. The third-order valence-corrected chi connectivity index (χ3v) is 3.39. The van der Waals surface area contributed by atoms with Crippen molar-refractivity contribution in [3.05, 3.63) is 59.2 Å². The molecule has 2 aromatic carbocycles. The van der Waals surface area contributed by atoms with Crippen LogP contribution in [-0.4, -0.2) is 24.8 Å². The molecule has 0 bridgehead atoms. The van der Waals surface area contributed by atoms with Crippen LogP contribution >= 0.6 is 0 Å².